The van der Waals surface area contributed by atoms with E-state index < -0.39 is 0 Å². The highest BCUT2D eigenvalue weighted by Crippen LogP contribution is 2.40. The number of fused-ring (bicyclic) bond motifs is 1. The first kappa shape index (κ1) is 13.5. The van der Waals surface area contributed by atoms with Gasteiger partial charge < -0.3 is 5.32 Å². The fourth-order valence-corrected chi connectivity index (χ4v) is 5.13. The first-order valence-electron chi connectivity index (χ1n) is 7.78. The van der Waals surface area contributed by atoms with Crippen molar-refractivity contribution >= 4 is 11.8 Å². The lowest BCUT2D eigenvalue weighted by Gasteiger charge is -2.29. The lowest BCUT2D eigenvalue weighted by molar-refractivity contribution is 0.300. The van der Waals surface area contributed by atoms with Crippen molar-refractivity contribution in [1.29, 1.82) is 0 Å². The molecule has 19 heavy (non-hydrogen) atoms. The maximum atomic E-state index is 3.61. The molecule has 1 aromatic carbocycles. The fraction of sp³-hybridized carbons (Fsp3) is 0.647. The fourth-order valence-electron chi connectivity index (χ4n) is 3.67. The summed E-state index contributed by atoms with van der Waals surface area (Å²) < 4.78 is 0. The molecule has 0 radical (unpaired) electrons. The molecule has 1 aromatic rings. The standard InChI is InChI=1S/C17H25NS/c1-18-15(11-13-7-3-2-4-8-13)17-12-14-9-5-6-10-16(14)19-17/h5-6,9-10,13,15,17-18H,2-4,7-8,11-12H2,1H3. The second-order valence-corrected chi connectivity index (χ2v) is 7.38. The van der Waals surface area contributed by atoms with Gasteiger partial charge in [-0.1, -0.05) is 50.3 Å². The van der Waals surface area contributed by atoms with Crippen LogP contribution in [-0.4, -0.2) is 18.3 Å². The van der Waals surface area contributed by atoms with Crippen LogP contribution in [0, 0.1) is 5.92 Å². The molecular weight excluding hydrogens is 250 g/mol. The number of hydrogen-bond donors (Lipinski definition) is 1. The summed E-state index contributed by atoms with van der Waals surface area (Å²) in [5, 5.41) is 4.35. The minimum Gasteiger partial charge on any atom is -0.316 e. The van der Waals surface area contributed by atoms with E-state index >= 15 is 0 Å². The van der Waals surface area contributed by atoms with Gasteiger partial charge >= 0.3 is 0 Å². The largest absolute Gasteiger partial charge is 0.316 e. The van der Waals surface area contributed by atoms with Crippen molar-refractivity contribution < 1.29 is 0 Å². The monoisotopic (exact) mass is 275 g/mol. The Morgan fingerprint density at radius 2 is 2.00 bits per heavy atom. The SMILES string of the molecule is CNC(CC1CCCCC1)C1Cc2ccccc2S1. The molecule has 0 aromatic heterocycles. The van der Waals surface area contributed by atoms with E-state index in [0.717, 1.165) is 11.2 Å². The van der Waals surface area contributed by atoms with E-state index in [-0.39, 0.29) is 0 Å². The molecule has 3 rings (SSSR count). The third-order valence-electron chi connectivity index (χ3n) is 4.80. The number of rotatable bonds is 4. The maximum Gasteiger partial charge on any atom is 0.0289 e. The van der Waals surface area contributed by atoms with Crippen LogP contribution in [0.5, 0.6) is 0 Å². The summed E-state index contributed by atoms with van der Waals surface area (Å²) in [7, 11) is 2.15. The van der Waals surface area contributed by atoms with Crippen LogP contribution in [0.3, 0.4) is 0 Å². The first-order chi connectivity index (χ1) is 9.36. The predicted molar refractivity (Wildman–Crippen MR) is 83.8 cm³/mol. The number of nitrogens with one attached hydrogen (secondary N) is 1. The van der Waals surface area contributed by atoms with Crippen molar-refractivity contribution in [3.05, 3.63) is 29.8 Å². The molecule has 1 nitrogen and oxygen atoms in total. The van der Waals surface area contributed by atoms with Crippen molar-refractivity contribution in [2.45, 2.75) is 61.1 Å². The summed E-state index contributed by atoms with van der Waals surface area (Å²) in [6.07, 6.45) is 9.93. The molecule has 1 aliphatic carbocycles. The summed E-state index contributed by atoms with van der Waals surface area (Å²) in [6.45, 7) is 0. The molecule has 2 unspecified atom stereocenters. The van der Waals surface area contributed by atoms with Crippen LogP contribution in [0.4, 0.5) is 0 Å². The third-order valence-corrected chi connectivity index (χ3v) is 6.25. The van der Waals surface area contributed by atoms with E-state index in [1.165, 1.54) is 49.8 Å². The zero-order chi connectivity index (χ0) is 13.1. The molecule has 2 aliphatic rings. The smallest absolute Gasteiger partial charge is 0.0289 e. The van der Waals surface area contributed by atoms with Gasteiger partial charge in [0.25, 0.3) is 0 Å². The number of benzene rings is 1. The average Bonchev–Trinajstić information content (AvgIpc) is 2.89. The summed E-state index contributed by atoms with van der Waals surface area (Å²) in [4.78, 5) is 1.51. The lowest BCUT2D eigenvalue weighted by Crippen LogP contribution is -2.37. The van der Waals surface area contributed by atoms with Crippen molar-refractivity contribution in [3.8, 4) is 0 Å². The van der Waals surface area contributed by atoms with E-state index in [9.17, 15) is 0 Å². The molecule has 104 valence electrons. The third kappa shape index (κ3) is 3.17. The molecule has 0 spiro atoms. The van der Waals surface area contributed by atoms with Gasteiger partial charge in [0.2, 0.25) is 0 Å². The molecule has 2 heteroatoms. The Labute approximate surface area is 121 Å². The molecule has 1 N–H and O–H groups in total. The van der Waals surface area contributed by atoms with Gasteiger partial charge in [0, 0.05) is 16.2 Å². The topological polar surface area (TPSA) is 12.0 Å². The second kappa shape index (κ2) is 6.32. The Morgan fingerprint density at radius 3 is 2.74 bits per heavy atom. The van der Waals surface area contributed by atoms with E-state index in [1.807, 2.05) is 0 Å². The van der Waals surface area contributed by atoms with Crippen molar-refractivity contribution in [2.24, 2.45) is 5.92 Å². The van der Waals surface area contributed by atoms with Crippen LogP contribution in [0.15, 0.2) is 29.2 Å². The van der Waals surface area contributed by atoms with Crippen molar-refractivity contribution in [3.63, 3.8) is 0 Å². The molecule has 0 amide bonds. The Balaban J connectivity index is 1.61. The summed E-state index contributed by atoms with van der Waals surface area (Å²) in [5.41, 5.74) is 1.56. The zero-order valence-corrected chi connectivity index (χ0v) is 12.7. The van der Waals surface area contributed by atoms with Gasteiger partial charge in [0.1, 0.15) is 0 Å². The van der Waals surface area contributed by atoms with Crippen LogP contribution >= 0.6 is 11.8 Å². The molecule has 1 aliphatic heterocycles. The van der Waals surface area contributed by atoms with Crippen LogP contribution in [0.25, 0.3) is 0 Å². The Hall–Kier alpha value is -0.470. The highest BCUT2D eigenvalue weighted by atomic mass is 32.2. The number of hydrogen-bond acceptors (Lipinski definition) is 2. The molecule has 0 bridgehead atoms. The minimum absolute atomic E-state index is 0.681. The molecule has 2 atom stereocenters. The van der Waals surface area contributed by atoms with Crippen LogP contribution in [0.1, 0.15) is 44.1 Å². The van der Waals surface area contributed by atoms with Gasteiger partial charge in [-0.25, -0.2) is 0 Å². The molecular formula is C17H25NS. The number of thioether (sulfide) groups is 1. The Bertz CT molecular complexity index is 386. The Kier molecular flexibility index (Phi) is 4.49. The highest BCUT2D eigenvalue weighted by Gasteiger charge is 2.30. The lowest BCUT2D eigenvalue weighted by atomic mass is 9.83. The van der Waals surface area contributed by atoms with Crippen LogP contribution in [0.2, 0.25) is 0 Å². The summed E-state index contributed by atoms with van der Waals surface area (Å²) >= 11 is 2.09. The van der Waals surface area contributed by atoms with Crippen molar-refractivity contribution in [2.75, 3.05) is 7.05 Å². The summed E-state index contributed by atoms with van der Waals surface area (Å²) in [5.74, 6) is 0.968. The van der Waals surface area contributed by atoms with E-state index in [2.05, 4.69) is 48.4 Å². The van der Waals surface area contributed by atoms with Gasteiger partial charge in [-0.2, -0.15) is 0 Å². The van der Waals surface area contributed by atoms with Gasteiger partial charge in [-0.05, 0) is 37.4 Å². The average molecular weight is 275 g/mol. The van der Waals surface area contributed by atoms with Gasteiger partial charge in [-0.15, -0.1) is 11.8 Å². The van der Waals surface area contributed by atoms with Crippen LogP contribution in [-0.2, 0) is 6.42 Å². The second-order valence-electron chi connectivity index (χ2n) is 6.10. The molecule has 1 fully saturated rings. The molecule has 1 saturated carbocycles. The zero-order valence-electron chi connectivity index (χ0n) is 11.9. The molecule has 1 heterocycles. The normalized spacial score (nSPS) is 25.2. The van der Waals surface area contributed by atoms with Crippen LogP contribution < -0.4 is 5.32 Å². The first-order valence-corrected chi connectivity index (χ1v) is 8.66. The van der Waals surface area contributed by atoms with Gasteiger partial charge in [-0.3, -0.25) is 0 Å². The molecule has 0 saturated heterocycles. The van der Waals surface area contributed by atoms with E-state index in [0.29, 0.717) is 6.04 Å². The van der Waals surface area contributed by atoms with Gasteiger partial charge in [0.15, 0.2) is 0 Å². The van der Waals surface area contributed by atoms with E-state index in [4.69, 9.17) is 0 Å². The predicted octanol–water partition coefficient (Wildman–Crippen LogP) is 4.26. The Morgan fingerprint density at radius 1 is 1.21 bits per heavy atom. The van der Waals surface area contributed by atoms with Gasteiger partial charge in [0.05, 0.1) is 0 Å². The van der Waals surface area contributed by atoms with Crippen molar-refractivity contribution in [1.82, 2.24) is 5.32 Å². The highest BCUT2D eigenvalue weighted by molar-refractivity contribution is 8.00. The quantitative estimate of drug-likeness (QED) is 0.881. The maximum absolute atomic E-state index is 3.61. The summed E-state index contributed by atoms with van der Waals surface area (Å²) in [6, 6.07) is 9.62. The van der Waals surface area contributed by atoms with E-state index in [1.54, 1.807) is 5.56 Å². The minimum atomic E-state index is 0.681.